The van der Waals surface area contributed by atoms with Crippen molar-refractivity contribution in [1.29, 1.82) is 0 Å². The molecule has 0 spiro atoms. The van der Waals surface area contributed by atoms with Gasteiger partial charge >= 0.3 is 0 Å². The highest BCUT2D eigenvalue weighted by atomic mass is 35.5. The average molecular weight is 212 g/mol. The molecule has 68 valence electrons. The zero-order valence-electron chi connectivity index (χ0n) is 6.25. The van der Waals surface area contributed by atoms with Crippen LogP contribution < -0.4 is 0 Å². The number of aliphatic hydroxyl groups is 1. The highest BCUT2D eigenvalue weighted by Gasteiger charge is 2.48. The molecule has 0 aromatic heterocycles. The van der Waals surface area contributed by atoms with E-state index >= 15 is 0 Å². The van der Waals surface area contributed by atoms with Crippen molar-refractivity contribution in [3.63, 3.8) is 0 Å². The number of likely N-dealkylation sites (N-methyl/N-ethyl adjacent to an activating group) is 1. The summed E-state index contributed by atoms with van der Waals surface area (Å²) in [5.74, 6) is -1.26. The van der Waals surface area contributed by atoms with Gasteiger partial charge in [-0.2, -0.15) is 0 Å². The first-order valence-corrected chi connectivity index (χ1v) is 3.98. The Morgan fingerprint density at radius 1 is 1.58 bits per heavy atom. The molecule has 1 N–H and O–H groups in total. The minimum atomic E-state index is -1.68. The number of likely N-dealkylation sites (tertiary alicyclic amines) is 1. The molecule has 12 heavy (non-hydrogen) atoms. The van der Waals surface area contributed by atoms with Gasteiger partial charge in [-0.05, 0) is 0 Å². The maximum Gasteiger partial charge on any atom is 0.260 e. The summed E-state index contributed by atoms with van der Waals surface area (Å²) < 4.78 is -1.68. The highest BCUT2D eigenvalue weighted by Crippen LogP contribution is 2.34. The highest BCUT2D eigenvalue weighted by molar-refractivity contribution is 6.51. The molecule has 4 nitrogen and oxygen atoms in total. The van der Waals surface area contributed by atoms with E-state index < -0.39 is 22.3 Å². The van der Waals surface area contributed by atoms with Crippen LogP contribution in [0.2, 0.25) is 0 Å². The van der Waals surface area contributed by atoms with Crippen LogP contribution in [0.1, 0.15) is 6.42 Å². The molecule has 0 bridgehead atoms. The zero-order valence-corrected chi connectivity index (χ0v) is 7.76. The fourth-order valence-corrected chi connectivity index (χ4v) is 1.32. The Bertz CT molecular complexity index is 241. The number of aliphatic hydroxyl groups excluding tert-OH is 1. The van der Waals surface area contributed by atoms with Gasteiger partial charge in [0.25, 0.3) is 5.91 Å². The summed E-state index contributed by atoms with van der Waals surface area (Å²) in [6, 6.07) is 0. The van der Waals surface area contributed by atoms with E-state index in [4.69, 9.17) is 23.2 Å². The maximum atomic E-state index is 11.0. The predicted octanol–water partition coefficient (Wildman–Crippen LogP) is -0.0901. The first kappa shape index (κ1) is 9.77. The molecule has 0 aromatic rings. The number of hydrogen-bond acceptors (Lipinski definition) is 3. The average Bonchev–Trinajstić information content (AvgIpc) is 1.97. The third-order valence-electron chi connectivity index (χ3n) is 1.73. The lowest BCUT2D eigenvalue weighted by atomic mass is 10.1. The fraction of sp³-hybridized carbons (Fsp3) is 0.667. The number of alkyl halides is 2. The Balaban J connectivity index is 2.93. The molecule has 1 aliphatic heterocycles. The second-order valence-electron chi connectivity index (χ2n) is 2.63. The topological polar surface area (TPSA) is 57.6 Å². The molecule has 2 amide bonds. The Kier molecular flexibility index (Phi) is 2.33. The van der Waals surface area contributed by atoms with Crippen LogP contribution in [0.5, 0.6) is 0 Å². The number of imide groups is 1. The lowest BCUT2D eigenvalue weighted by molar-refractivity contribution is -0.154. The molecule has 1 fully saturated rings. The van der Waals surface area contributed by atoms with Gasteiger partial charge in [0.1, 0.15) is 0 Å². The van der Waals surface area contributed by atoms with Crippen molar-refractivity contribution in [2.45, 2.75) is 16.9 Å². The van der Waals surface area contributed by atoms with E-state index in [9.17, 15) is 14.7 Å². The van der Waals surface area contributed by atoms with Crippen LogP contribution in [0.3, 0.4) is 0 Å². The Morgan fingerprint density at radius 3 is 2.58 bits per heavy atom. The van der Waals surface area contributed by atoms with Gasteiger partial charge in [0, 0.05) is 7.05 Å². The fourth-order valence-electron chi connectivity index (χ4n) is 0.904. The second-order valence-corrected chi connectivity index (χ2v) is 4.17. The molecule has 0 saturated carbocycles. The van der Waals surface area contributed by atoms with Gasteiger partial charge in [-0.25, -0.2) is 0 Å². The molecule has 1 atom stereocenters. The Hall–Kier alpha value is -0.320. The minimum absolute atomic E-state index is 0.250. The minimum Gasteiger partial charge on any atom is -0.380 e. The Morgan fingerprint density at radius 2 is 2.08 bits per heavy atom. The maximum absolute atomic E-state index is 11.0. The van der Waals surface area contributed by atoms with Crippen molar-refractivity contribution in [2.24, 2.45) is 0 Å². The van der Waals surface area contributed by atoms with Gasteiger partial charge in [-0.15, -0.1) is 0 Å². The van der Waals surface area contributed by atoms with Crippen LogP contribution in [0, 0.1) is 0 Å². The molecule has 0 radical (unpaired) electrons. The SMILES string of the molecule is CN1C(=O)CC(Cl)(Cl)C(O)C1=O. The molecule has 1 unspecified atom stereocenters. The van der Waals surface area contributed by atoms with Crippen LogP contribution >= 0.6 is 23.2 Å². The van der Waals surface area contributed by atoms with Crippen LogP contribution in [0.15, 0.2) is 0 Å². The zero-order chi connectivity index (χ0) is 9.52. The summed E-state index contributed by atoms with van der Waals surface area (Å²) in [6.07, 6.45) is -1.77. The molecule has 1 heterocycles. The first-order chi connectivity index (χ1) is 5.36. The molecule has 6 heteroatoms. The van der Waals surface area contributed by atoms with E-state index in [1.807, 2.05) is 0 Å². The summed E-state index contributed by atoms with van der Waals surface area (Å²) in [5.41, 5.74) is 0. The van der Waals surface area contributed by atoms with E-state index in [1.165, 1.54) is 7.05 Å². The second kappa shape index (κ2) is 2.87. The quantitative estimate of drug-likeness (QED) is 0.451. The normalized spacial score (nSPS) is 29.3. The van der Waals surface area contributed by atoms with Crippen molar-refractivity contribution in [3.05, 3.63) is 0 Å². The van der Waals surface area contributed by atoms with Crippen LogP contribution in [0.25, 0.3) is 0 Å². The van der Waals surface area contributed by atoms with E-state index in [-0.39, 0.29) is 6.42 Å². The summed E-state index contributed by atoms with van der Waals surface area (Å²) in [4.78, 5) is 22.8. The summed E-state index contributed by atoms with van der Waals surface area (Å²) in [5, 5.41) is 9.19. The number of carbonyl (C=O) groups is 2. The van der Waals surface area contributed by atoms with E-state index in [0.29, 0.717) is 0 Å². The van der Waals surface area contributed by atoms with Gasteiger partial charge in [-0.3, -0.25) is 14.5 Å². The van der Waals surface area contributed by atoms with Crippen molar-refractivity contribution in [3.8, 4) is 0 Å². The monoisotopic (exact) mass is 211 g/mol. The number of piperidine rings is 1. The van der Waals surface area contributed by atoms with Gasteiger partial charge in [0.05, 0.1) is 6.42 Å². The molecule has 1 rings (SSSR count). The van der Waals surface area contributed by atoms with Crippen molar-refractivity contribution in [1.82, 2.24) is 4.90 Å². The number of halogens is 2. The number of amides is 2. The standard InChI is InChI=1S/C6H7Cl2NO3/c1-9-3(10)2-6(7,8)4(11)5(9)12/h4,11H,2H2,1H3. The molecule has 0 aromatic carbocycles. The van der Waals surface area contributed by atoms with E-state index in [2.05, 4.69) is 0 Å². The van der Waals surface area contributed by atoms with Crippen LogP contribution in [-0.2, 0) is 9.59 Å². The molecular formula is C6H7Cl2NO3. The van der Waals surface area contributed by atoms with Gasteiger partial charge in [0.2, 0.25) is 5.91 Å². The summed E-state index contributed by atoms with van der Waals surface area (Å²) in [6.45, 7) is 0. The molecule has 0 aliphatic carbocycles. The van der Waals surface area contributed by atoms with Crippen molar-refractivity contribution >= 4 is 35.0 Å². The number of carbonyl (C=O) groups excluding carboxylic acids is 2. The number of hydrogen-bond donors (Lipinski definition) is 1. The molecule has 1 saturated heterocycles. The van der Waals surface area contributed by atoms with Gasteiger partial charge in [-0.1, -0.05) is 23.2 Å². The van der Waals surface area contributed by atoms with Crippen LogP contribution in [0.4, 0.5) is 0 Å². The largest absolute Gasteiger partial charge is 0.380 e. The molecule has 1 aliphatic rings. The lowest BCUT2D eigenvalue weighted by Gasteiger charge is -2.33. The lowest BCUT2D eigenvalue weighted by Crippen LogP contribution is -2.55. The third kappa shape index (κ3) is 1.42. The third-order valence-corrected chi connectivity index (χ3v) is 2.41. The van der Waals surface area contributed by atoms with E-state index in [1.54, 1.807) is 0 Å². The van der Waals surface area contributed by atoms with E-state index in [0.717, 1.165) is 4.90 Å². The number of rotatable bonds is 0. The Labute approximate surface area is 79.0 Å². The number of nitrogens with zero attached hydrogens (tertiary/aromatic N) is 1. The van der Waals surface area contributed by atoms with Gasteiger partial charge < -0.3 is 5.11 Å². The predicted molar refractivity (Wildman–Crippen MR) is 42.8 cm³/mol. The van der Waals surface area contributed by atoms with Crippen molar-refractivity contribution < 1.29 is 14.7 Å². The first-order valence-electron chi connectivity index (χ1n) is 3.22. The molecular weight excluding hydrogens is 205 g/mol. The van der Waals surface area contributed by atoms with Crippen molar-refractivity contribution in [2.75, 3.05) is 7.05 Å². The smallest absolute Gasteiger partial charge is 0.260 e. The summed E-state index contributed by atoms with van der Waals surface area (Å²) >= 11 is 11.0. The van der Waals surface area contributed by atoms with Gasteiger partial charge in [0.15, 0.2) is 10.4 Å². The summed E-state index contributed by atoms with van der Waals surface area (Å²) in [7, 11) is 1.27. The van der Waals surface area contributed by atoms with Crippen LogP contribution in [-0.4, -0.2) is 39.3 Å².